The van der Waals surface area contributed by atoms with Gasteiger partial charge in [-0.3, -0.25) is 19.9 Å². The van der Waals surface area contributed by atoms with E-state index in [1.807, 2.05) is 200 Å². The summed E-state index contributed by atoms with van der Waals surface area (Å²) < 4.78 is 9.79. The number of aromatic amines is 8. The molecule has 0 saturated carbocycles. The number of para-hydroxylation sites is 3. The highest BCUT2D eigenvalue weighted by Gasteiger charge is 2.26. The van der Waals surface area contributed by atoms with E-state index in [0.29, 0.717) is 0 Å². The van der Waals surface area contributed by atoms with Crippen molar-refractivity contribution in [1.29, 1.82) is 0 Å². The number of aliphatic hydroxyl groups is 1. The van der Waals surface area contributed by atoms with Gasteiger partial charge in [0, 0.05) is 155 Å². The minimum Gasteiger partial charge on any atom is -0.496 e. The number of methoxy groups -OCH3 is 1. The van der Waals surface area contributed by atoms with Crippen molar-refractivity contribution in [2.24, 2.45) is 0 Å². The first kappa shape index (κ1) is 73.8. The summed E-state index contributed by atoms with van der Waals surface area (Å²) in [5.41, 5.74) is 25.6. The molecule has 0 fully saturated rings. The van der Waals surface area contributed by atoms with Crippen LogP contribution in [0.1, 0.15) is 17.0 Å². The van der Waals surface area contributed by atoms with Crippen LogP contribution in [0.25, 0.3) is 180 Å². The lowest BCUT2D eigenvalue weighted by molar-refractivity contribution is 0.282. The molecule has 9 N–H and O–H groups in total. The largest absolute Gasteiger partial charge is 0.496 e. The molecule has 0 saturated heterocycles. The second kappa shape index (κ2) is 32.8. The zero-order valence-corrected chi connectivity index (χ0v) is 67.7. The maximum absolute atomic E-state index is 9.95. The topological polar surface area (TPSA) is 259 Å². The van der Waals surface area contributed by atoms with E-state index >= 15 is 0 Å². The number of hydrogen-bond acceptors (Lipinski definition) is 10. The summed E-state index contributed by atoms with van der Waals surface area (Å²) in [6, 6.07) is 84.4. The van der Waals surface area contributed by atoms with Gasteiger partial charge in [-0.05, 0) is 153 Å². The quantitative estimate of drug-likeness (QED) is 0.0497. The van der Waals surface area contributed by atoms with Crippen LogP contribution < -0.4 is 4.74 Å². The van der Waals surface area contributed by atoms with E-state index in [1.54, 1.807) is 31.9 Å². The highest BCUT2D eigenvalue weighted by molar-refractivity contribution is 9.11. The van der Waals surface area contributed by atoms with Crippen molar-refractivity contribution in [3.8, 4) is 142 Å². The lowest BCUT2D eigenvalue weighted by Gasteiger charge is -2.10. The predicted molar refractivity (Wildman–Crippen MR) is 471 cm³/mol. The Bertz CT molecular complexity index is 6540. The van der Waals surface area contributed by atoms with Gasteiger partial charge >= 0.3 is 0 Å². The van der Waals surface area contributed by atoms with Gasteiger partial charge in [0.2, 0.25) is 0 Å². The molecule has 12 aromatic heterocycles. The standard InChI is InChI=1S/C26H23N3O2.C23H14Br3N3.C22H17N5.C21H14BrN5/c1-16-23(19-11-5-7-13-21(19)27-16)26-28-24(18-10-4-3-9-17(18)15-30)25(29-26)20-12-6-8-14-22(20)31-2;24-15-5-1-13(2-6-15)21-22(14-3-7-16(25)8-4-14)29-23(28-21)19-12-27-20-10-9-17(26)11-18(19)20;1-14-19(15-8-2-3-9-16(15)25-14)22-26-20(17-10-4-6-12-23-17)21(27-22)18-11-5-7-13-24-18;22-13-7-8-16-14(11-13)15(12-25-16)21-26-19(17-5-1-3-9-23-17)20(27-21)18-6-2-4-10-24-18/h3-14,27,30H,15H2,1-2H3,(H,28,29);1-12,27H,(H,28,29);2-13,25H,1H3,(H,26,27);1-12,25H,(H,26,27). The number of pyridine rings is 4. The number of hydrogen-bond donors (Lipinski definition) is 9. The molecular weight excluding hydrogens is 1680 g/mol. The minimum absolute atomic E-state index is 0.0536. The molecule has 0 radical (unpaired) electrons. The summed E-state index contributed by atoms with van der Waals surface area (Å²) >= 11 is 14.2. The summed E-state index contributed by atoms with van der Waals surface area (Å²) in [4.78, 5) is 65.5. The number of halogens is 4. The van der Waals surface area contributed by atoms with Crippen molar-refractivity contribution in [2.45, 2.75) is 20.5 Å². The molecule has 20 aromatic rings. The molecule has 0 aliphatic heterocycles. The maximum Gasteiger partial charge on any atom is 0.141 e. The summed E-state index contributed by atoms with van der Waals surface area (Å²) in [6.45, 7) is 4.07. The normalized spacial score (nSPS) is 11.2. The van der Waals surface area contributed by atoms with Gasteiger partial charge in [-0.2, -0.15) is 0 Å². The Kier molecular flexibility index (Phi) is 21.2. The average Bonchev–Trinajstić information content (AvgIpc) is 1.65. The molecule has 0 aliphatic rings. The summed E-state index contributed by atoms with van der Waals surface area (Å²) in [5.74, 6) is 3.95. The van der Waals surface area contributed by atoms with Gasteiger partial charge in [0.25, 0.3) is 0 Å². The Morgan fingerprint density at radius 2 is 0.728 bits per heavy atom. The van der Waals surface area contributed by atoms with Gasteiger partial charge in [0.15, 0.2) is 0 Å². The van der Waals surface area contributed by atoms with E-state index in [0.717, 1.165) is 220 Å². The zero-order valence-electron chi connectivity index (χ0n) is 61.4. The van der Waals surface area contributed by atoms with Crippen molar-refractivity contribution in [3.63, 3.8) is 0 Å². The molecular formula is C92H68Br4N16O2. The molecule has 556 valence electrons. The van der Waals surface area contributed by atoms with E-state index in [4.69, 9.17) is 24.7 Å². The number of nitrogens with one attached hydrogen (secondary N) is 8. The number of nitrogens with zero attached hydrogens (tertiary/aromatic N) is 8. The Labute approximate surface area is 687 Å². The fraction of sp³-hybridized carbons (Fsp3) is 0.0435. The van der Waals surface area contributed by atoms with E-state index in [1.165, 1.54) is 0 Å². The number of rotatable bonds is 14. The third kappa shape index (κ3) is 15.1. The average molecular weight is 1750 g/mol. The number of aromatic nitrogens is 16. The van der Waals surface area contributed by atoms with Crippen molar-refractivity contribution in [1.82, 2.24) is 79.7 Å². The van der Waals surface area contributed by atoms with E-state index in [-0.39, 0.29) is 6.61 Å². The summed E-state index contributed by atoms with van der Waals surface area (Å²) in [6.07, 6.45) is 11.1. The third-order valence-corrected chi connectivity index (χ3v) is 21.6. The monoisotopic (exact) mass is 1740 g/mol. The van der Waals surface area contributed by atoms with Gasteiger partial charge in [0.05, 0.1) is 65.0 Å². The van der Waals surface area contributed by atoms with Crippen LogP contribution in [0.4, 0.5) is 0 Å². The van der Waals surface area contributed by atoms with Crippen LogP contribution in [0, 0.1) is 13.8 Å². The number of fused-ring (bicyclic) bond motifs is 4. The van der Waals surface area contributed by atoms with Crippen LogP contribution in [0.5, 0.6) is 5.75 Å². The SMILES string of the molecule is Brc1ccc(-c2nc(-c3c[nH]c4ccc(Br)cc34)[nH]c2-c2ccc(Br)cc2)cc1.Brc1ccc2[nH]cc(-c3nc(-c4ccccn4)c(-c4ccccn4)[nH]3)c2c1.COc1ccccc1-c1nc(-c2c(C)[nH]c3ccccc23)[nH]c1-c1ccccc1CO.Cc1[nH]c2ccccc2c1-c1nc(-c2ccccn2)c(-c2ccccn2)[nH]1. The number of aryl methyl sites for hydroxylation is 2. The van der Waals surface area contributed by atoms with Gasteiger partial charge in [-0.1, -0.05) is 185 Å². The molecule has 0 amide bonds. The summed E-state index contributed by atoms with van der Waals surface area (Å²) in [7, 11) is 1.66. The lowest BCUT2D eigenvalue weighted by Crippen LogP contribution is -1.93. The Hall–Kier alpha value is -13.0. The van der Waals surface area contributed by atoms with Gasteiger partial charge in [-0.15, -0.1) is 0 Å². The first-order chi connectivity index (χ1) is 55.9. The molecule has 22 heteroatoms. The lowest BCUT2D eigenvalue weighted by atomic mass is 10.0. The van der Waals surface area contributed by atoms with E-state index in [9.17, 15) is 5.11 Å². The fourth-order valence-electron chi connectivity index (χ4n) is 14.3. The third-order valence-electron chi connectivity index (χ3n) is 19.6. The number of H-pyrrole nitrogens is 8. The van der Waals surface area contributed by atoms with Crippen LogP contribution in [0.2, 0.25) is 0 Å². The fourth-order valence-corrected chi connectivity index (χ4v) is 15.5. The van der Waals surface area contributed by atoms with Crippen LogP contribution >= 0.6 is 63.7 Å². The molecule has 0 unspecified atom stereocenters. The van der Waals surface area contributed by atoms with Crippen LogP contribution in [0.15, 0.2) is 310 Å². The Balaban J connectivity index is 0.000000110. The molecule has 20 rings (SSSR count). The smallest absolute Gasteiger partial charge is 0.141 e. The van der Waals surface area contributed by atoms with Gasteiger partial charge in [0.1, 0.15) is 46.1 Å². The van der Waals surface area contributed by atoms with Crippen molar-refractivity contribution < 1.29 is 9.84 Å². The molecule has 18 nitrogen and oxygen atoms in total. The second-order valence-corrected chi connectivity index (χ2v) is 30.4. The zero-order chi connectivity index (χ0) is 77.8. The number of benzene rings is 8. The highest BCUT2D eigenvalue weighted by atomic mass is 79.9. The second-order valence-electron chi connectivity index (χ2n) is 26.8. The minimum atomic E-state index is -0.0536. The summed E-state index contributed by atoms with van der Waals surface area (Å²) in [5, 5.41) is 14.4. The molecule has 8 aromatic carbocycles. The first-order valence-electron chi connectivity index (χ1n) is 36.5. The van der Waals surface area contributed by atoms with Crippen molar-refractivity contribution in [3.05, 3.63) is 327 Å². The molecule has 114 heavy (non-hydrogen) atoms. The maximum atomic E-state index is 9.95. The molecule has 0 aliphatic carbocycles. The molecule has 0 spiro atoms. The Morgan fingerprint density at radius 1 is 0.325 bits per heavy atom. The highest BCUT2D eigenvalue weighted by Crippen LogP contribution is 2.44. The van der Waals surface area contributed by atoms with Crippen molar-refractivity contribution in [2.75, 3.05) is 7.11 Å². The van der Waals surface area contributed by atoms with Gasteiger partial charge in [-0.25, -0.2) is 19.9 Å². The first-order valence-corrected chi connectivity index (χ1v) is 39.7. The molecule has 0 atom stereocenters. The van der Waals surface area contributed by atoms with Crippen LogP contribution in [-0.2, 0) is 6.61 Å². The number of imidazole rings is 4. The van der Waals surface area contributed by atoms with E-state index < -0.39 is 0 Å². The van der Waals surface area contributed by atoms with Crippen molar-refractivity contribution >= 4 is 107 Å². The van der Waals surface area contributed by atoms with Crippen LogP contribution in [0.3, 0.4) is 0 Å². The number of aliphatic hydroxyl groups excluding tert-OH is 1. The predicted octanol–water partition coefficient (Wildman–Crippen LogP) is 24.3. The van der Waals surface area contributed by atoms with E-state index in [2.05, 4.69) is 204 Å². The number of ether oxygens (including phenoxy) is 1. The Morgan fingerprint density at radius 3 is 1.23 bits per heavy atom. The molecule has 0 bridgehead atoms. The van der Waals surface area contributed by atoms with Crippen LogP contribution in [-0.4, -0.2) is 92.0 Å². The molecule has 12 heterocycles. The van der Waals surface area contributed by atoms with Gasteiger partial charge < -0.3 is 49.7 Å².